The molecule has 0 radical (unpaired) electrons. The lowest BCUT2D eigenvalue weighted by Crippen LogP contribution is -2.23. The molecule has 10 saturated carbocycles. The summed E-state index contributed by atoms with van der Waals surface area (Å²) in [5.41, 5.74) is 5.01. The molecule has 10 heteroatoms. The first kappa shape index (κ1) is 101. The molecule has 622 valence electrons. The fourth-order valence-electron chi connectivity index (χ4n) is 17.0. The van der Waals surface area contributed by atoms with Gasteiger partial charge in [-0.3, -0.25) is 0 Å². The van der Waals surface area contributed by atoms with Crippen molar-refractivity contribution in [3.05, 3.63) is 0 Å². The number of methoxy groups -OCH3 is 2. The predicted octanol–water partition coefficient (Wildman–Crippen LogP) is 29.5. The lowest BCUT2D eigenvalue weighted by Gasteiger charge is -2.29. The summed E-state index contributed by atoms with van der Waals surface area (Å²) in [7, 11) is 5.13. The molecule has 0 amide bonds. The van der Waals surface area contributed by atoms with Gasteiger partial charge >= 0.3 is 0 Å². The summed E-state index contributed by atoms with van der Waals surface area (Å²) in [5, 5.41) is 16.4. The van der Waals surface area contributed by atoms with E-state index in [0.717, 1.165) is 183 Å². The molecule has 10 aliphatic carbocycles. The highest BCUT2D eigenvalue weighted by Gasteiger charge is 2.27. The fraction of sp³-hybridized carbons (Fsp3) is 0.958. The molecule has 0 unspecified atom stereocenters. The van der Waals surface area contributed by atoms with E-state index in [1.807, 2.05) is 14.0 Å². The van der Waals surface area contributed by atoms with Crippen molar-refractivity contribution in [1.29, 1.82) is 0 Å². The molecule has 0 aromatic heterocycles. The second kappa shape index (κ2) is 63.3. The highest BCUT2D eigenvalue weighted by Crippen LogP contribution is 2.38. The van der Waals surface area contributed by atoms with Crippen molar-refractivity contribution < 1.29 is 28.8 Å². The van der Waals surface area contributed by atoms with Crippen molar-refractivity contribution in [3.63, 3.8) is 0 Å². The van der Waals surface area contributed by atoms with Crippen molar-refractivity contribution in [2.45, 2.75) is 422 Å². The molecule has 0 bridgehead atoms. The smallest absolute Gasteiger partial charge is 0.140 e. The Morgan fingerprint density at radius 2 is 0.476 bits per heavy atom. The van der Waals surface area contributed by atoms with Gasteiger partial charge in [-0.15, -0.1) is 0 Å². The molecule has 10 rings (SSSR count). The van der Waals surface area contributed by atoms with Crippen LogP contribution in [0.4, 0.5) is 0 Å². The highest BCUT2D eigenvalue weighted by molar-refractivity contribution is 5.85. The molecule has 0 saturated heterocycles. The molecule has 0 aromatic rings. The van der Waals surface area contributed by atoms with Crippen LogP contribution in [-0.4, -0.2) is 76.7 Å². The summed E-state index contributed by atoms with van der Waals surface area (Å²) in [6.07, 6.45) is 56.1. The zero-order chi connectivity index (χ0) is 78.3. The third-order valence-electron chi connectivity index (χ3n) is 26.2. The van der Waals surface area contributed by atoms with Crippen LogP contribution in [0.3, 0.4) is 0 Å². The Labute approximate surface area is 656 Å². The predicted molar refractivity (Wildman–Crippen MR) is 461 cm³/mol. The average molecular weight is 1480 g/mol. The number of hydrogen-bond acceptors (Lipinski definition) is 10. The Morgan fingerprint density at radius 1 is 0.248 bits per heavy atom. The molecule has 105 heavy (non-hydrogen) atoms. The zero-order valence-corrected chi connectivity index (χ0v) is 75.2. The fourth-order valence-corrected chi connectivity index (χ4v) is 17.0. The third-order valence-corrected chi connectivity index (χ3v) is 26.2. The van der Waals surface area contributed by atoms with Crippen LogP contribution in [0.5, 0.6) is 0 Å². The van der Waals surface area contributed by atoms with E-state index in [2.05, 4.69) is 166 Å². The van der Waals surface area contributed by atoms with E-state index >= 15 is 0 Å². The molecular formula is C95H186N4O6. The van der Waals surface area contributed by atoms with Gasteiger partial charge < -0.3 is 28.8 Å². The minimum Gasteiger partial charge on any atom is -0.399 e. The summed E-state index contributed by atoms with van der Waals surface area (Å²) in [6.45, 7) is 53.3. The van der Waals surface area contributed by atoms with Crippen LogP contribution in [-0.2, 0) is 28.8 Å². The summed E-state index contributed by atoms with van der Waals surface area (Å²) < 4.78 is 10.2. The van der Waals surface area contributed by atoms with Crippen molar-refractivity contribution >= 4 is 22.8 Å². The first-order valence-corrected chi connectivity index (χ1v) is 45.8. The van der Waals surface area contributed by atoms with E-state index in [9.17, 15) is 0 Å². The number of hydrogen-bond donors (Lipinski definition) is 0. The van der Waals surface area contributed by atoms with Gasteiger partial charge in [0.2, 0.25) is 0 Å². The topological polar surface area (TPSA) is 105 Å². The SMILES string of the molecule is CC(C)C1CC1.CC(C)C1CCC1.CC(C)C1CCCC1.CC(C)C1CCCCC1.CC(C)C1CCCCCC1.CCCON=C1CCC(C(C)C)CC1.CCON=C1CCC(C(C)C)CC1.COC1CCC(C(C)C)CC1.COCCON=C1CCC(C(C)C)CC1.CON=C1CCC(C(C)C)CC1. The van der Waals surface area contributed by atoms with Gasteiger partial charge in [-0.05, 0) is 273 Å². The molecular weight excluding hydrogens is 1290 g/mol. The van der Waals surface area contributed by atoms with Crippen LogP contribution in [0, 0.1) is 118 Å². The van der Waals surface area contributed by atoms with Crippen molar-refractivity contribution in [1.82, 2.24) is 0 Å². The molecule has 0 spiro atoms. The van der Waals surface area contributed by atoms with Crippen LogP contribution < -0.4 is 0 Å². The second-order valence-electron chi connectivity index (χ2n) is 37.7. The highest BCUT2D eigenvalue weighted by atomic mass is 16.6. The minimum atomic E-state index is 0.560. The standard InChI is InChI=1S/C12H23NO2.C12H23NO.C11H21NO.C10H19NO.C10H20O.C10H20.C9H18.C8H16.C7H14.C6H12/c1-10(2)11-4-6-12(7-5-11)13-15-9-8-14-3;1-4-9-14-13-12-7-5-11(6-8-12)10(2)3;1-4-13-12-11-7-5-10(6-8-11)9(2)3;1-8(2)9-4-6-10(7-5-9)11-12-3;1-8(2)9-4-6-10(11-3)7-5-9;1-9(2)10-7-5-3-4-6-8-10;1-8(2)9-6-4-3-5-7-9;1-7(2)8-5-3-4-6-8;1-6(2)7-4-3-5-7;1-5(2)6-3-4-6/h10-11H,4-9H2,1-3H3;10-11H,4-9H2,1-3H3;9-10H,4-8H2,1-3H3;8-9H,4-7H2,1-3H3;8-10H,4-7H2,1-3H3;9-10H,3-8H2,1-2H3;8-9H,3-7H2,1-2H3;7-8H,3-6H2,1-2H3;6-7H,3-5H2,1-2H3;5-6H,3-4H2,1-2H3. The minimum absolute atomic E-state index is 0.560. The van der Waals surface area contributed by atoms with Gasteiger partial charge in [-0.2, -0.15) is 0 Å². The number of nitrogens with zero attached hydrogens (tertiary/aromatic N) is 4. The Morgan fingerprint density at radius 3 is 0.705 bits per heavy atom. The molecule has 0 heterocycles. The van der Waals surface area contributed by atoms with Crippen molar-refractivity contribution in [3.8, 4) is 0 Å². The number of rotatable bonds is 21. The van der Waals surface area contributed by atoms with E-state index in [0.29, 0.717) is 25.9 Å². The van der Waals surface area contributed by atoms with Crippen LogP contribution >= 0.6 is 0 Å². The zero-order valence-electron chi connectivity index (χ0n) is 75.2. The second-order valence-corrected chi connectivity index (χ2v) is 37.7. The Bertz CT molecular complexity index is 2040. The van der Waals surface area contributed by atoms with Crippen molar-refractivity contribution in [2.24, 2.45) is 139 Å². The maximum absolute atomic E-state index is 5.32. The molecule has 10 nitrogen and oxygen atoms in total. The monoisotopic (exact) mass is 1480 g/mol. The van der Waals surface area contributed by atoms with E-state index in [4.69, 9.17) is 28.8 Å². The van der Waals surface area contributed by atoms with Gasteiger partial charge in [0.1, 0.15) is 26.9 Å². The van der Waals surface area contributed by atoms with Crippen LogP contribution in [0.2, 0.25) is 0 Å². The quantitative estimate of drug-likeness (QED) is 0.0644. The van der Waals surface area contributed by atoms with Gasteiger partial charge in [0.05, 0.1) is 35.6 Å². The normalized spacial score (nSPS) is 24.0. The van der Waals surface area contributed by atoms with Gasteiger partial charge in [-0.1, -0.05) is 282 Å². The first-order valence-electron chi connectivity index (χ1n) is 45.8. The van der Waals surface area contributed by atoms with Crippen LogP contribution in [0.1, 0.15) is 416 Å². The summed E-state index contributed by atoms with van der Waals surface area (Å²) in [6, 6.07) is 0. The third kappa shape index (κ3) is 51.1. The Kier molecular flexibility index (Phi) is 60.8. The van der Waals surface area contributed by atoms with E-state index < -0.39 is 0 Å². The molecule has 0 aliphatic heterocycles. The Balaban J connectivity index is 0.000000589. The summed E-state index contributed by atoms with van der Waals surface area (Å²) >= 11 is 0. The lowest BCUT2D eigenvalue weighted by atomic mass is 9.78. The van der Waals surface area contributed by atoms with Gasteiger partial charge in [0.15, 0.2) is 0 Å². The number of ether oxygens (including phenoxy) is 2. The van der Waals surface area contributed by atoms with Gasteiger partial charge in [0, 0.05) is 14.2 Å². The van der Waals surface area contributed by atoms with Crippen LogP contribution in [0.25, 0.3) is 0 Å². The maximum atomic E-state index is 5.32. The Hall–Kier alpha value is -2.20. The molecule has 0 N–H and O–H groups in total. The van der Waals surface area contributed by atoms with E-state index in [1.54, 1.807) is 14.2 Å². The van der Waals surface area contributed by atoms with E-state index in [-0.39, 0.29) is 0 Å². The molecule has 10 aliphatic rings. The lowest BCUT2D eigenvalue weighted by molar-refractivity contribution is 0.0495. The molecule has 10 fully saturated rings. The van der Waals surface area contributed by atoms with E-state index in [1.165, 1.54) is 228 Å². The molecule has 0 aromatic carbocycles. The van der Waals surface area contributed by atoms with Gasteiger partial charge in [0.25, 0.3) is 0 Å². The van der Waals surface area contributed by atoms with Crippen LogP contribution in [0.15, 0.2) is 20.6 Å². The first-order chi connectivity index (χ1) is 50.2. The summed E-state index contributed by atoms with van der Waals surface area (Å²) in [5.74, 6) is 18.8. The van der Waals surface area contributed by atoms with Crippen molar-refractivity contribution in [2.75, 3.05) is 47.8 Å². The average Bonchev–Trinajstić information content (AvgIpc) is 1.89. The molecule has 0 atom stereocenters. The van der Waals surface area contributed by atoms with Gasteiger partial charge in [-0.25, -0.2) is 0 Å². The maximum Gasteiger partial charge on any atom is 0.140 e. The largest absolute Gasteiger partial charge is 0.399 e. The summed E-state index contributed by atoms with van der Waals surface area (Å²) in [4.78, 5) is 20.2. The number of oxime groups is 4.